The zero-order chi connectivity index (χ0) is 16.9. The Balaban J connectivity index is 1.74. The number of nitrogens with zero attached hydrogens (tertiary/aromatic N) is 2. The van der Waals surface area contributed by atoms with E-state index in [2.05, 4.69) is 15.5 Å². The van der Waals surface area contributed by atoms with Gasteiger partial charge < -0.3 is 10.1 Å². The second kappa shape index (κ2) is 7.41. The molecule has 2 aromatic heterocycles. The first-order valence-electron chi connectivity index (χ1n) is 7.26. The molecular weight excluding hydrogens is 344 g/mol. The summed E-state index contributed by atoms with van der Waals surface area (Å²) in [4.78, 5) is 13.3. The van der Waals surface area contributed by atoms with Gasteiger partial charge in [-0.2, -0.15) is 5.10 Å². The van der Waals surface area contributed by atoms with E-state index < -0.39 is 0 Å². The fourth-order valence-corrected chi connectivity index (χ4v) is 3.06. The van der Waals surface area contributed by atoms with Crippen LogP contribution in [0.1, 0.15) is 4.88 Å². The molecule has 0 saturated heterocycles. The average Bonchev–Trinajstić information content (AvgIpc) is 3.24. The predicted octanol–water partition coefficient (Wildman–Crippen LogP) is 2.99. The van der Waals surface area contributed by atoms with Gasteiger partial charge in [0.15, 0.2) is 10.6 Å². The minimum atomic E-state index is -0.115. The summed E-state index contributed by atoms with van der Waals surface area (Å²) in [5.74, 6) is 1.26. The zero-order valence-corrected chi connectivity index (χ0v) is 14.6. The summed E-state index contributed by atoms with van der Waals surface area (Å²) < 4.78 is 7.24. The first kappa shape index (κ1) is 16.4. The van der Waals surface area contributed by atoms with Crippen LogP contribution >= 0.6 is 23.6 Å². The van der Waals surface area contributed by atoms with Gasteiger partial charge in [0.1, 0.15) is 12.3 Å². The van der Waals surface area contributed by atoms with E-state index in [4.69, 9.17) is 17.0 Å². The molecule has 124 valence electrons. The van der Waals surface area contributed by atoms with Crippen LogP contribution in [0.3, 0.4) is 0 Å². The molecule has 3 aromatic rings. The van der Waals surface area contributed by atoms with Gasteiger partial charge in [0.05, 0.1) is 13.7 Å². The fourth-order valence-electron chi connectivity index (χ4n) is 2.22. The van der Waals surface area contributed by atoms with E-state index in [1.165, 1.54) is 0 Å². The van der Waals surface area contributed by atoms with Crippen molar-refractivity contribution in [2.45, 2.75) is 13.1 Å². The van der Waals surface area contributed by atoms with Crippen LogP contribution in [-0.4, -0.2) is 27.8 Å². The standard InChI is InChI=1S/C16H16N4O2S2/c1-22-12-6-4-11(5-7-12)15-18-19-16(23)20(15)10-14(21)17-9-13-3-2-8-24-13/h2-8H,9-10H2,1H3,(H,17,21)(H,19,23). The van der Waals surface area contributed by atoms with E-state index in [1.807, 2.05) is 41.8 Å². The molecular formula is C16H16N4O2S2. The van der Waals surface area contributed by atoms with E-state index >= 15 is 0 Å². The molecule has 1 amide bonds. The molecule has 0 atom stereocenters. The molecule has 0 spiro atoms. The Kier molecular flexibility index (Phi) is 5.07. The maximum absolute atomic E-state index is 12.2. The topological polar surface area (TPSA) is 71.9 Å². The van der Waals surface area contributed by atoms with Crippen molar-refractivity contribution in [3.05, 3.63) is 51.4 Å². The zero-order valence-electron chi connectivity index (χ0n) is 13.0. The highest BCUT2D eigenvalue weighted by Gasteiger charge is 2.12. The van der Waals surface area contributed by atoms with Crippen LogP contribution in [0, 0.1) is 4.77 Å². The fraction of sp³-hybridized carbons (Fsp3) is 0.188. The van der Waals surface area contributed by atoms with Gasteiger partial charge in [0, 0.05) is 10.4 Å². The molecule has 0 unspecified atom stereocenters. The van der Waals surface area contributed by atoms with Crippen molar-refractivity contribution in [1.82, 2.24) is 20.1 Å². The number of aromatic nitrogens is 3. The molecule has 0 aliphatic carbocycles. The van der Waals surface area contributed by atoms with Gasteiger partial charge >= 0.3 is 0 Å². The SMILES string of the molecule is COc1ccc(-c2n[nH]c(=S)n2CC(=O)NCc2cccs2)cc1. The lowest BCUT2D eigenvalue weighted by molar-refractivity contribution is -0.121. The molecule has 2 heterocycles. The molecule has 0 aliphatic heterocycles. The Morgan fingerprint density at radius 3 is 2.83 bits per heavy atom. The number of thiophene rings is 1. The summed E-state index contributed by atoms with van der Waals surface area (Å²) in [7, 11) is 1.61. The Bertz CT molecular complexity index is 866. The molecule has 0 saturated carbocycles. The number of carbonyl (C=O) groups is 1. The lowest BCUT2D eigenvalue weighted by Gasteiger charge is -2.08. The number of methoxy groups -OCH3 is 1. The number of ether oxygens (including phenoxy) is 1. The van der Waals surface area contributed by atoms with Crippen molar-refractivity contribution in [3.63, 3.8) is 0 Å². The van der Waals surface area contributed by atoms with Crippen molar-refractivity contribution >= 4 is 29.5 Å². The summed E-state index contributed by atoms with van der Waals surface area (Å²) >= 11 is 6.85. The van der Waals surface area contributed by atoms with Gasteiger partial charge in [-0.25, -0.2) is 0 Å². The van der Waals surface area contributed by atoms with Crippen LogP contribution in [0.4, 0.5) is 0 Å². The van der Waals surface area contributed by atoms with E-state index in [0.717, 1.165) is 16.2 Å². The number of amides is 1. The van der Waals surface area contributed by atoms with E-state index in [-0.39, 0.29) is 12.5 Å². The highest BCUT2D eigenvalue weighted by atomic mass is 32.1. The van der Waals surface area contributed by atoms with Gasteiger partial charge in [-0.3, -0.25) is 14.5 Å². The summed E-state index contributed by atoms with van der Waals surface area (Å²) in [6.07, 6.45) is 0. The van der Waals surface area contributed by atoms with Gasteiger partial charge in [0.2, 0.25) is 5.91 Å². The van der Waals surface area contributed by atoms with Crippen molar-refractivity contribution in [2.75, 3.05) is 7.11 Å². The summed E-state index contributed by atoms with van der Waals surface area (Å²) in [5, 5.41) is 11.8. The van der Waals surface area contributed by atoms with Crippen LogP contribution in [0.25, 0.3) is 11.4 Å². The normalized spacial score (nSPS) is 10.5. The number of rotatable bonds is 6. The molecule has 0 fully saturated rings. The number of nitrogens with one attached hydrogen (secondary N) is 2. The summed E-state index contributed by atoms with van der Waals surface area (Å²) in [5.41, 5.74) is 0.856. The van der Waals surface area contributed by atoms with Crippen LogP contribution in [0.2, 0.25) is 0 Å². The quantitative estimate of drug-likeness (QED) is 0.663. The first-order chi connectivity index (χ1) is 11.7. The van der Waals surface area contributed by atoms with Gasteiger partial charge in [0.25, 0.3) is 0 Å². The lowest BCUT2D eigenvalue weighted by atomic mass is 10.2. The number of hydrogen-bond acceptors (Lipinski definition) is 5. The molecule has 2 N–H and O–H groups in total. The lowest BCUT2D eigenvalue weighted by Crippen LogP contribution is -2.27. The Labute approximate surface area is 148 Å². The van der Waals surface area contributed by atoms with Crippen molar-refractivity contribution in [3.8, 4) is 17.1 Å². The largest absolute Gasteiger partial charge is 0.497 e. The van der Waals surface area contributed by atoms with Gasteiger partial charge in [-0.05, 0) is 47.9 Å². The highest BCUT2D eigenvalue weighted by Crippen LogP contribution is 2.20. The minimum Gasteiger partial charge on any atom is -0.497 e. The van der Waals surface area contributed by atoms with Crippen molar-refractivity contribution in [1.29, 1.82) is 0 Å². The minimum absolute atomic E-state index is 0.113. The molecule has 6 nitrogen and oxygen atoms in total. The number of aromatic amines is 1. The molecule has 0 radical (unpaired) electrons. The highest BCUT2D eigenvalue weighted by molar-refractivity contribution is 7.71. The molecule has 0 bridgehead atoms. The third kappa shape index (κ3) is 3.72. The molecule has 3 rings (SSSR count). The number of H-pyrrole nitrogens is 1. The first-order valence-corrected chi connectivity index (χ1v) is 8.55. The Morgan fingerprint density at radius 1 is 1.38 bits per heavy atom. The predicted molar refractivity (Wildman–Crippen MR) is 95.6 cm³/mol. The monoisotopic (exact) mass is 360 g/mol. The summed E-state index contributed by atoms with van der Waals surface area (Å²) in [6, 6.07) is 11.4. The molecule has 1 aromatic carbocycles. The van der Waals surface area contributed by atoms with Crippen LogP contribution in [0.5, 0.6) is 5.75 Å². The average molecular weight is 360 g/mol. The second-order valence-corrected chi connectivity index (χ2v) is 6.44. The molecule has 8 heteroatoms. The van der Waals surface area contributed by atoms with Gasteiger partial charge in [-0.15, -0.1) is 11.3 Å². The third-order valence-corrected chi connectivity index (χ3v) is 4.64. The molecule has 24 heavy (non-hydrogen) atoms. The Morgan fingerprint density at radius 2 is 2.17 bits per heavy atom. The van der Waals surface area contributed by atoms with Crippen LogP contribution in [0.15, 0.2) is 41.8 Å². The Hall–Kier alpha value is -2.45. The molecule has 0 aliphatic rings. The van der Waals surface area contributed by atoms with E-state index in [1.54, 1.807) is 23.0 Å². The van der Waals surface area contributed by atoms with Crippen LogP contribution in [-0.2, 0) is 17.9 Å². The smallest absolute Gasteiger partial charge is 0.240 e. The van der Waals surface area contributed by atoms with Crippen LogP contribution < -0.4 is 10.1 Å². The van der Waals surface area contributed by atoms with Gasteiger partial charge in [-0.1, -0.05) is 6.07 Å². The number of hydrogen-bond donors (Lipinski definition) is 2. The van der Waals surface area contributed by atoms with Crippen molar-refractivity contribution < 1.29 is 9.53 Å². The van der Waals surface area contributed by atoms with E-state index in [0.29, 0.717) is 17.1 Å². The second-order valence-electron chi connectivity index (χ2n) is 5.02. The summed E-state index contributed by atoms with van der Waals surface area (Å²) in [6.45, 7) is 0.627. The number of benzene rings is 1. The van der Waals surface area contributed by atoms with Crippen molar-refractivity contribution in [2.24, 2.45) is 0 Å². The maximum Gasteiger partial charge on any atom is 0.240 e. The third-order valence-electron chi connectivity index (χ3n) is 3.45. The maximum atomic E-state index is 12.2. The van der Waals surface area contributed by atoms with E-state index in [9.17, 15) is 4.79 Å². The number of carbonyl (C=O) groups excluding carboxylic acids is 1.